The van der Waals surface area contributed by atoms with Crippen LogP contribution in [-0.4, -0.2) is 37.0 Å². The monoisotopic (exact) mass is 376 g/mol. The molecule has 0 aliphatic rings. The summed E-state index contributed by atoms with van der Waals surface area (Å²) in [5, 5.41) is 14.9. The topological polar surface area (TPSA) is 88.3 Å². The van der Waals surface area contributed by atoms with Gasteiger partial charge in [-0.1, -0.05) is 30.3 Å². The quantitative estimate of drug-likeness (QED) is 0.615. The Bertz CT molecular complexity index is 1000. The molecule has 0 fully saturated rings. The molecule has 0 aliphatic heterocycles. The summed E-state index contributed by atoms with van der Waals surface area (Å²) in [5.41, 5.74) is 3.63. The Morgan fingerprint density at radius 3 is 2.54 bits per heavy atom. The lowest BCUT2D eigenvalue weighted by molar-refractivity contribution is -0.308. The van der Waals surface area contributed by atoms with Gasteiger partial charge in [-0.25, -0.2) is 0 Å². The lowest BCUT2D eigenvalue weighted by atomic mass is 10.0. The zero-order valence-electron chi connectivity index (χ0n) is 15.8. The van der Waals surface area contributed by atoms with Gasteiger partial charge in [-0.3, -0.25) is 4.79 Å². The van der Waals surface area contributed by atoms with Crippen molar-refractivity contribution >= 4 is 34.5 Å². The second-order valence-corrected chi connectivity index (χ2v) is 6.76. The van der Waals surface area contributed by atoms with Crippen LogP contribution in [0.1, 0.15) is 11.1 Å². The molecule has 28 heavy (non-hydrogen) atoms. The first-order valence-electron chi connectivity index (χ1n) is 8.96. The van der Waals surface area contributed by atoms with Crippen LogP contribution in [0.3, 0.4) is 0 Å². The van der Waals surface area contributed by atoms with Crippen molar-refractivity contribution in [3.8, 4) is 0 Å². The normalized spacial score (nSPS) is 12.2. The van der Waals surface area contributed by atoms with Gasteiger partial charge in [-0.15, -0.1) is 0 Å². The van der Waals surface area contributed by atoms with Crippen molar-refractivity contribution in [3.05, 3.63) is 71.9 Å². The number of nitrogens with zero attached hydrogens (tertiary/aromatic N) is 1. The summed E-state index contributed by atoms with van der Waals surface area (Å²) in [6, 6.07) is 14.2. The van der Waals surface area contributed by atoms with Crippen LogP contribution in [0.5, 0.6) is 0 Å². The molecule has 0 saturated heterocycles. The van der Waals surface area contributed by atoms with E-state index < -0.39 is 17.9 Å². The Balaban J connectivity index is 1.66. The minimum absolute atomic E-state index is 0.142. The van der Waals surface area contributed by atoms with Crippen LogP contribution >= 0.6 is 0 Å². The summed E-state index contributed by atoms with van der Waals surface area (Å²) in [7, 11) is 3.90. The number of anilines is 1. The number of fused-ring (bicyclic) bond motifs is 1. The van der Waals surface area contributed by atoms with Crippen molar-refractivity contribution in [1.29, 1.82) is 0 Å². The van der Waals surface area contributed by atoms with Crippen LogP contribution in [0.4, 0.5) is 5.69 Å². The number of benzene rings is 2. The Labute approximate surface area is 163 Å². The van der Waals surface area contributed by atoms with E-state index in [-0.39, 0.29) is 6.42 Å². The van der Waals surface area contributed by atoms with Gasteiger partial charge in [0.05, 0.1) is 12.0 Å². The van der Waals surface area contributed by atoms with Crippen LogP contribution in [0.2, 0.25) is 0 Å². The Morgan fingerprint density at radius 2 is 1.86 bits per heavy atom. The van der Waals surface area contributed by atoms with Gasteiger partial charge >= 0.3 is 0 Å². The van der Waals surface area contributed by atoms with Gasteiger partial charge in [0.25, 0.3) is 0 Å². The highest BCUT2D eigenvalue weighted by Gasteiger charge is 2.15. The number of hydrogen-bond acceptors (Lipinski definition) is 4. The Kier molecular flexibility index (Phi) is 5.79. The molecule has 0 bridgehead atoms. The third kappa shape index (κ3) is 4.59. The molecule has 3 aromatic rings. The Morgan fingerprint density at radius 1 is 1.14 bits per heavy atom. The lowest BCUT2D eigenvalue weighted by Crippen LogP contribution is -2.48. The van der Waals surface area contributed by atoms with Crippen LogP contribution in [0.25, 0.3) is 17.0 Å². The molecule has 1 heterocycles. The van der Waals surface area contributed by atoms with Gasteiger partial charge in [0, 0.05) is 49.4 Å². The van der Waals surface area contributed by atoms with Crippen LogP contribution in [-0.2, 0) is 16.0 Å². The van der Waals surface area contributed by atoms with Gasteiger partial charge in [0.1, 0.15) is 0 Å². The third-order valence-electron chi connectivity index (χ3n) is 4.54. The maximum Gasteiger partial charge on any atom is 0.244 e. The van der Waals surface area contributed by atoms with Gasteiger partial charge in [0.15, 0.2) is 0 Å². The van der Waals surface area contributed by atoms with Gasteiger partial charge in [0.2, 0.25) is 5.91 Å². The molecule has 3 rings (SSSR count). The minimum Gasteiger partial charge on any atom is -0.548 e. The predicted molar refractivity (Wildman–Crippen MR) is 109 cm³/mol. The highest BCUT2D eigenvalue weighted by atomic mass is 16.4. The average molecular weight is 376 g/mol. The van der Waals surface area contributed by atoms with Gasteiger partial charge < -0.3 is 25.1 Å². The summed E-state index contributed by atoms with van der Waals surface area (Å²) in [6.07, 6.45) is 4.88. The molecule has 6 heteroatoms. The molecule has 1 aromatic heterocycles. The number of carbonyl (C=O) groups is 2. The van der Waals surface area contributed by atoms with E-state index in [0.717, 1.165) is 27.7 Å². The number of rotatable bonds is 7. The average Bonchev–Trinajstić information content (AvgIpc) is 3.09. The number of carboxylic acids is 1. The predicted octanol–water partition coefficient (Wildman–Crippen LogP) is 1.72. The van der Waals surface area contributed by atoms with Crippen molar-refractivity contribution in [2.75, 3.05) is 19.0 Å². The van der Waals surface area contributed by atoms with E-state index in [1.165, 1.54) is 6.08 Å². The van der Waals surface area contributed by atoms with Crippen LogP contribution < -0.4 is 15.3 Å². The minimum atomic E-state index is -1.32. The fourth-order valence-corrected chi connectivity index (χ4v) is 2.99. The SMILES string of the molecule is CN(C)c1ccc(/C=C/C(=O)N[C@H](Cc2c[nH]c3ccccc23)C(=O)[O-])cc1. The number of hydrogen-bond donors (Lipinski definition) is 2. The smallest absolute Gasteiger partial charge is 0.244 e. The Hall–Kier alpha value is -3.54. The van der Waals surface area contributed by atoms with Crippen molar-refractivity contribution in [2.24, 2.45) is 0 Å². The van der Waals surface area contributed by atoms with E-state index in [0.29, 0.717) is 0 Å². The maximum absolute atomic E-state index is 12.2. The van der Waals surface area contributed by atoms with E-state index in [4.69, 9.17) is 0 Å². The number of aliphatic carboxylic acids is 1. The molecule has 0 saturated carbocycles. The first-order valence-corrected chi connectivity index (χ1v) is 8.96. The molecule has 0 unspecified atom stereocenters. The number of carbonyl (C=O) groups excluding carboxylic acids is 2. The standard InChI is InChI=1S/C22H23N3O3/c1-25(2)17-10-7-15(8-11-17)9-12-21(26)24-20(22(27)28)13-16-14-23-19-6-4-3-5-18(16)19/h3-12,14,20,23H,13H2,1-2H3,(H,24,26)(H,27,28)/p-1/b12-9+/t20-/m1/s1. The number of H-pyrrole nitrogens is 1. The molecule has 0 aliphatic carbocycles. The molecule has 0 spiro atoms. The van der Waals surface area contributed by atoms with E-state index in [1.807, 2.05) is 67.5 Å². The zero-order chi connectivity index (χ0) is 20.1. The summed E-state index contributed by atoms with van der Waals surface area (Å²) in [6.45, 7) is 0. The maximum atomic E-state index is 12.2. The number of para-hydroxylation sites is 1. The van der Waals surface area contributed by atoms with Crippen molar-refractivity contribution in [1.82, 2.24) is 10.3 Å². The summed E-state index contributed by atoms with van der Waals surface area (Å²) < 4.78 is 0. The van der Waals surface area contributed by atoms with E-state index in [1.54, 1.807) is 12.3 Å². The third-order valence-corrected chi connectivity index (χ3v) is 4.54. The summed E-state index contributed by atoms with van der Waals surface area (Å²) in [4.78, 5) is 28.8. The first kappa shape index (κ1) is 19.2. The number of amides is 1. The zero-order valence-corrected chi connectivity index (χ0v) is 15.8. The fraction of sp³-hybridized carbons (Fsp3) is 0.182. The molecular weight excluding hydrogens is 354 g/mol. The molecule has 0 radical (unpaired) electrons. The molecule has 2 N–H and O–H groups in total. The molecule has 6 nitrogen and oxygen atoms in total. The van der Waals surface area contributed by atoms with E-state index in [2.05, 4.69) is 10.3 Å². The fourth-order valence-electron chi connectivity index (χ4n) is 2.99. The van der Waals surface area contributed by atoms with E-state index in [9.17, 15) is 14.7 Å². The van der Waals surface area contributed by atoms with Crippen molar-refractivity contribution in [3.63, 3.8) is 0 Å². The van der Waals surface area contributed by atoms with Crippen LogP contribution in [0, 0.1) is 0 Å². The second kappa shape index (κ2) is 8.43. The number of aromatic amines is 1. The molecule has 144 valence electrons. The molecule has 1 atom stereocenters. The van der Waals surface area contributed by atoms with Gasteiger partial charge in [-0.2, -0.15) is 0 Å². The molecule has 2 aromatic carbocycles. The number of nitrogens with one attached hydrogen (secondary N) is 2. The molecular formula is C22H22N3O3-. The number of aromatic nitrogens is 1. The number of carboxylic acid groups (broad SMARTS) is 1. The van der Waals surface area contributed by atoms with E-state index >= 15 is 0 Å². The first-order chi connectivity index (χ1) is 13.4. The summed E-state index contributed by atoms with van der Waals surface area (Å²) in [5.74, 6) is -1.80. The highest BCUT2D eigenvalue weighted by molar-refractivity contribution is 5.94. The molecule has 1 amide bonds. The second-order valence-electron chi connectivity index (χ2n) is 6.76. The highest BCUT2D eigenvalue weighted by Crippen LogP contribution is 2.19. The van der Waals surface area contributed by atoms with Crippen LogP contribution in [0.15, 0.2) is 60.8 Å². The lowest BCUT2D eigenvalue weighted by Gasteiger charge is -2.18. The largest absolute Gasteiger partial charge is 0.548 e. The van der Waals surface area contributed by atoms with Crippen molar-refractivity contribution in [2.45, 2.75) is 12.5 Å². The summed E-state index contributed by atoms with van der Waals surface area (Å²) >= 11 is 0. The van der Waals surface area contributed by atoms with Gasteiger partial charge in [-0.05, 0) is 35.4 Å². The van der Waals surface area contributed by atoms with Crippen molar-refractivity contribution < 1.29 is 14.7 Å².